The molecule has 2 aliphatic rings. The third-order valence-electron chi connectivity index (χ3n) is 4.93. The Labute approximate surface area is 153 Å². The summed E-state index contributed by atoms with van der Waals surface area (Å²) in [5.41, 5.74) is 0.999. The van der Waals surface area contributed by atoms with E-state index in [1.807, 2.05) is 35.2 Å². The van der Waals surface area contributed by atoms with Crippen molar-refractivity contribution in [2.75, 3.05) is 5.88 Å². The van der Waals surface area contributed by atoms with E-state index in [0.717, 1.165) is 44.1 Å². The summed E-state index contributed by atoms with van der Waals surface area (Å²) in [6, 6.07) is 10.4. The first-order valence-corrected chi connectivity index (χ1v) is 9.55. The minimum absolute atomic E-state index is 0.0000600. The molecular weight excluding hydrogens is 340 g/mol. The quantitative estimate of drug-likeness (QED) is 0.786. The van der Waals surface area contributed by atoms with Crippen LogP contribution in [0.4, 0.5) is 4.79 Å². The van der Waals surface area contributed by atoms with Crippen LogP contribution in [0.2, 0.25) is 0 Å². The largest absolute Gasteiger partial charge is 0.445 e. The first kappa shape index (κ1) is 18.1. The first-order valence-electron chi connectivity index (χ1n) is 9.01. The average Bonchev–Trinajstić information content (AvgIpc) is 3.47. The molecule has 1 aromatic rings. The molecule has 0 spiro atoms. The van der Waals surface area contributed by atoms with E-state index in [-0.39, 0.29) is 30.0 Å². The summed E-state index contributed by atoms with van der Waals surface area (Å²) in [6.07, 6.45) is 5.45. The number of nitrogens with zero attached hydrogens (tertiary/aromatic N) is 1. The fraction of sp³-hybridized carbons (Fsp3) is 0.579. The van der Waals surface area contributed by atoms with Gasteiger partial charge in [0.05, 0.1) is 0 Å². The number of alkyl halides is 1. The van der Waals surface area contributed by atoms with Crippen molar-refractivity contribution in [2.24, 2.45) is 0 Å². The highest BCUT2D eigenvalue weighted by molar-refractivity contribution is 6.27. The van der Waals surface area contributed by atoms with E-state index in [2.05, 4.69) is 5.32 Å². The summed E-state index contributed by atoms with van der Waals surface area (Å²) in [5, 5.41) is 2.94. The molecule has 0 atom stereocenters. The molecule has 2 amide bonds. The molecule has 2 aliphatic carbocycles. The van der Waals surface area contributed by atoms with Crippen LogP contribution in [0.15, 0.2) is 30.3 Å². The van der Waals surface area contributed by atoms with Gasteiger partial charge in [-0.2, -0.15) is 0 Å². The molecule has 0 unspecified atom stereocenters. The maximum Gasteiger partial charge on any atom is 0.410 e. The lowest BCUT2D eigenvalue weighted by atomic mass is 9.90. The first-order chi connectivity index (χ1) is 12.2. The second kappa shape index (κ2) is 8.56. The van der Waals surface area contributed by atoms with Crippen molar-refractivity contribution in [3.63, 3.8) is 0 Å². The fourth-order valence-corrected chi connectivity index (χ4v) is 3.58. The van der Waals surface area contributed by atoms with E-state index in [0.29, 0.717) is 12.6 Å². The van der Waals surface area contributed by atoms with Gasteiger partial charge < -0.3 is 15.0 Å². The second-order valence-electron chi connectivity index (χ2n) is 6.89. The molecule has 25 heavy (non-hydrogen) atoms. The lowest BCUT2D eigenvalue weighted by Gasteiger charge is -2.36. The predicted octanol–water partition coefficient (Wildman–Crippen LogP) is 3.45. The molecule has 3 rings (SSSR count). The Hall–Kier alpha value is -1.75. The van der Waals surface area contributed by atoms with Crippen LogP contribution in [0.5, 0.6) is 0 Å². The topological polar surface area (TPSA) is 58.6 Å². The minimum atomic E-state index is -0.209. The van der Waals surface area contributed by atoms with E-state index < -0.39 is 0 Å². The molecule has 5 nitrogen and oxygen atoms in total. The number of carbonyl (C=O) groups is 2. The fourth-order valence-electron chi connectivity index (χ4n) is 3.51. The maximum absolute atomic E-state index is 12.6. The summed E-state index contributed by atoms with van der Waals surface area (Å²) >= 11 is 5.55. The van der Waals surface area contributed by atoms with Crippen molar-refractivity contribution in [3.05, 3.63) is 35.9 Å². The SMILES string of the molecule is O=C(CCl)NC1CCC(N(C(=O)OCc2ccccc2)C2CC2)CC1. The zero-order valence-corrected chi connectivity index (χ0v) is 15.1. The van der Waals surface area contributed by atoms with E-state index >= 15 is 0 Å². The van der Waals surface area contributed by atoms with Gasteiger partial charge in [-0.3, -0.25) is 4.79 Å². The summed E-state index contributed by atoms with van der Waals surface area (Å²) in [6.45, 7) is 0.310. The number of hydrogen-bond acceptors (Lipinski definition) is 3. The van der Waals surface area contributed by atoms with Gasteiger partial charge in [-0.25, -0.2) is 4.79 Å². The standard InChI is InChI=1S/C19H25ClN2O3/c20-12-18(23)21-15-6-8-16(9-7-15)22(17-10-11-17)19(24)25-13-14-4-2-1-3-5-14/h1-5,15-17H,6-13H2,(H,21,23). The Morgan fingerprint density at radius 3 is 2.20 bits per heavy atom. The van der Waals surface area contributed by atoms with Crippen LogP contribution < -0.4 is 5.32 Å². The van der Waals surface area contributed by atoms with Gasteiger partial charge in [-0.05, 0) is 44.1 Å². The van der Waals surface area contributed by atoms with Crippen LogP contribution in [0.1, 0.15) is 44.1 Å². The van der Waals surface area contributed by atoms with Gasteiger partial charge in [-0.1, -0.05) is 30.3 Å². The monoisotopic (exact) mass is 364 g/mol. The third-order valence-corrected chi connectivity index (χ3v) is 5.18. The summed E-state index contributed by atoms with van der Waals surface area (Å²) in [4.78, 5) is 26.0. The highest BCUT2D eigenvalue weighted by atomic mass is 35.5. The number of amides is 2. The van der Waals surface area contributed by atoms with Gasteiger partial charge >= 0.3 is 6.09 Å². The van der Waals surface area contributed by atoms with Crippen LogP contribution in [0.3, 0.4) is 0 Å². The molecule has 2 saturated carbocycles. The number of hydrogen-bond donors (Lipinski definition) is 1. The van der Waals surface area contributed by atoms with Gasteiger partial charge in [0.2, 0.25) is 5.91 Å². The molecule has 1 aromatic carbocycles. The van der Waals surface area contributed by atoms with E-state index in [1.165, 1.54) is 0 Å². The molecule has 6 heteroatoms. The average molecular weight is 365 g/mol. The van der Waals surface area contributed by atoms with Crippen molar-refractivity contribution in [2.45, 2.75) is 63.3 Å². The number of benzene rings is 1. The Bertz CT molecular complexity index is 584. The number of ether oxygens (including phenoxy) is 1. The van der Waals surface area contributed by atoms with Gasteiger partial charge in [-0.15, -0.1) is 11.6 Å². The Morgan fingerprint density at radius 1 is 1.04 bits per heavy atom. The van der Waals surface area contributed by atoms with E-state index in [9.17, 15) is 9.59 Å². The molecule has 0 bridgehead atoms. The Kier molecular flexibility index (Phi) is 6.19. The highest BCUT2D eigenvalue weighted by Gasteiger charge is 2.39. The van der Waals surface area contributed by atoms with Crippen LogP contribution in [0.25, 0.3) is 0 Å². The van der Waals surface area contributed by atoms with Crippen molar-refractivity contribution in [1.29, 1.82) is 0 Å². The lowest BCUT2D eigenvalue weighted by molar-refractivity contribution is -0.119. The van der Waals surface area contributed by atoms with Crippen molar-refractivity contribution in [3.8, 4) is 0 Å². The molecule has 1 N–H and O–H groups in total. The van der Waals surface area contributed by atoms with Crippen LogP contribution in [-0.4, -0.2) is 40.9 Å². The number of nitrogens with one attached hydrogen (secondary N) is 1. The van der Waals surface area contributed by atoms with Crippen molar-refractivity contribution < 1.29 is 14.3 Å². The molecule has 136 valence electrons. The van der Waals surface area contributed by atoms with E-state index in [1.54, 1.807) is 0 Å². The Balaban J connectivity index is 1.51. The third kappa shape index (κ3) is 5.11. The van der Waals surface area contributed by atoms with Crippen LogP contribution in [0, 0.1) is 0 Å². The predicted molar refractivity (Wildman–Crippen MR) is 96.4 cm³/mol. The van der Waals surface area contributed by atoms with Gasteiger partial charge in [0, 0.05) is 18.1 Å². The highest BCUT2D eigenvalue weighted by Crippen LogP contribution is 2.34. The molecule has 2 fully saturated rings. The molecular formula is C19H25ClN2O3. The van der Waals surface area contributed by atoms with Gasteiger partial charge in [0.15, 0.2) is 0 Å². The van der Waals surface area contributed by atoms with Crippen molar-refractivity contribution in [1.82, 2.24) is 10.2 Å². The summed E-state index contributed by atoms with van der Waals surface area (Å²) < 4.78 is 5.55. The maximum atomic E-state index is 12.6. The molecule has 0 saturated heterocycles. The van der Waals surface area contributed by atoms with Crippen LogP contribution >= 0.6 is 11.6 Å². The number of rotatable bonds is 6. The number of carbonyl (C=O) groups excluding carboxylic acids is 2. The smallest absolute Gasteiger partial charge is 0.410 e. The van der Waals surface area contributed by atoms with Gasteiger partial charge in [0.25, 0.3) is 0 Å². The summed E-state index contributed by atoms with van der Waals surface area (Å²) in [7, 11) is 0. The zero-order valence-electron chi connectivity index (χ0n) is 14.3. The normalized spacial score (nSPS) is 22.9. The van der Waals surface area contributed by atoms with Crippen molar-refractivity contribution >= 4 is 23.6 Å². The minimum Gasteiger partial charge on any atom is -0.445 e. The molecule has 0 radical (unpaired) electrons. The molecule has 0 heterocycles. The van der Waals surface area contributed by atoms with Crippen LogP contribution in [-0.2, 0) is 16.1 Å². The molecule has 0 aromatic heterocycles. The summed E-state index contributed by atoms with van der Waals surface area (Å²) in [5.74, 6) is -0.119. The zero-order chi connectivity index (χ0) is 17.6. The second-order valence-corrected chi connectivity index (χ2v) is 7.15. The lowest BCUT2D eigenvalue weighted by Crippen LogP contribution is -2.47. The Morgan fingerprint density at radius 2 is 1.64 bits per heavy atom. The number of halogens is 1. The van der Waals surface area contributed by atoms with E-state index in [4.69, 9.17) is 16.3 Å². The van der Waals surface area contributed by atoms with Gasteiger partial charge in [0.1, 0.15) is 12.5 Å². The molecule has 0 aliphatic heterocycles.